The molecule has 136 valence electrons. The molecular formula is C14H18N4O5S2. The van der Waals surface area contributed by atoms with E-state index in [4.69, 9.17) is 9.88 Å². The van der Waals surface area contributed by atoms with Crippen molar-refractivity contribution in [2.24, 2.45) is 12.2 Å². The first-order chi connectivity index (χ1) is 11.7. The molecule has 1 aromatic carbocycles. The van der Waals surface area contributed by atoms with E-state index in [0.29, 0.717) is 0 Å². The standard InChI is InChI=1S/C14H18N4O5S2/c1-17-9-11(8-16-17)14-10-18(5-6-23-14)25(21,22)13-4-2-3-12(7-13)24(15,19)20/h2-4,7-9,14H,5-6,10H2,1H3,(H2,15,19,20)/t14-/m1/s1. The SMILES string of the molecule is Cn1cc([C@H]2CN(S(=O)(=O)c3cccc(S(N)(=O)=O)c3)CCO2)cn1. The first kappa shape index (κ1) is 18.0. The Bertz CT molecular complexity index is 984. The summed E-state index contributed by atoms with van der Waals surface area (Å²) < 4.78 is 57.2. The van der Waals surface area contributed by atoms with Gasteiger partial charge in [0, 0.05) is 31.9 Å². The van der Waals surface area contributed by atoms with Gasteiger partial charge < -0.3 is 4.74 Å². The average molecular weight is 386 g/mol. The summed E-state index contributed by atoms with van der Waals surface area (Å²) in [6.45, 7) is 0.528. The van der Waals surface area contributed by atoms with Gasteiger partial charge in [0.25, 0.3) is 0 Å². The van der Waals surface area contributed by atoms with Crippen molar-refractivity contribution in [1.82, 2.24) is 14.1 Å². The summed E-state index contributed by atoms with van der Waals surface area (Å²) in [5, 5.41) is 9.15. The van der Waals surface area contributed by atoms with Crippen LogP contribution in [-0.2, 0) is 31.8 Å². The molecule has 0 aliphatic carbocycles. The molecule has 1 atom stereocenters. The number of aromatic nitrogens is 2. The maximum atomic E-state index is 12.9. The van der Waals surface area contributed by atoms with Crippen LogP contribution in [0.15, 0.2) is 46.5 Å². The molecule has 0 radical (unpaired) electrons. The molecular weight excluding hydrogens is 368 g/mol. The Labute approximate surface area is 146 Å². The minimum atomic E-state index is -3.99. The number of hydrogen-bond acceptors (Lipinski definition) is 6. The predicted octanol–water partition coefficient (Wildman–Crippen LogP) is -0.170. The van der Waals surface area contributed by atoms with Crippen LogP contribution in [-0.4, -0.2) is 50.6 Å². The maximum Gasteiger partial charge on any atom is 0.243 e. The molecule has 2 N–H and O–H groups in total. The Hall–Kier alpha value is -1.79. The zero-order valence-corrected chi connectivity index (χ0v) is 15.1. The quantitative estimate of drug-likeness (QED) is 0.778. The van der Waals surface area contributed by atoms with Crippen LogP contribution in [0.3, 0.4) is 0 Å². The van der Waals surface area contributed by atoms with E-state index in [-0.39, 0.29) is 29.5 Å². The van der Waals surface area contributed by atoms with Crippen LogP contribution in [0.4, 0.5) is 0 Å². The Morgan fingerprint density at radius 3 is 2.60 bits per heavy atom. The first-order valence-electron chi connectivity index (χ1n) is 7.41. The molecule has 0 unspecified atom stereocenters. The van der Waals surface area contributed by atoms with Crippen molar-refractivity contribution in [3.63, 3.8) is 0 Å². The number of morpholine rings is 1. The fourth-order valence-corrected chi connectivity index (χ4v) is 4.72. The molecule has 1 aromatic heterocycles. The normalized spacial score (nSPS) is 19.8. The molecule has 0 spiro atoms. The van der Waals surface area contributed by atoms with E-state index in [1.54, 1.807) is 24.1 Å². The molecule has 0 amide bonds. The van der Waals surface area contributed by atoms with Crippen LogP contribution in [0.2, 0.25) is 0 Å². The molecule has 9 nitrogen and oxygen atoms in total. The van der Waals surface area contributed by atoms with Crippen molar-refractivity contribution >= 4 is 20.0 Å². The van der Waals surface area contributed by atoms with Crippen LogP contribution in [0, 0.1) is 0 Å². The highest BCUT2D eigenvalue weighted by atomic mass is 32.2. The third-order valence-electron chi connectivity index (χ3n) is 3.90. The molecule has 2 aromatic rings. The van der Waals surface area contributed by atoms with Gasteiger partial charge in [0.05, 0.1) is 28.7 Å². The Kier molecular flexibility index (Phi) is 4.68. The van der Waals surface area contributed by atoms with Crippen molar-refractivity contribution < 1.29 is 21.6 Å². The highest BCUT2D eigenvalue weighted by Crippen LogP contribution is 2.27. The second-order valence-corrected chi connectivity index (χ2v) is 9.19. The number of nitrogens with two attached hydrogens (primary N) is 1. The molecule has 11 heteroatoms. The van der Waals surface area contributed by atoms with Gasteiger partial charge in [0.15, 0.2) is 0 Å². The summed E-state index contributed by atoms with van der Waals surface area (Å²) in [6, 6.07) is 5.02. The highest BCUT2D eigenvalue weighted by Gasteiger charge is 2.32. The predicted molar refractivity (Wildman–Crippen MR) is 88.5 cm³/mol. The number of primary sulfonamides is 1. The number of sulfonamides is 2. The summed E-state index contributed by atoms with van der Waals surface area (Å²) in [5.41, 5.74) is 0.778. The second-order valence-electron chi connectivity index (χ2n) is 5.69. The zero-order chi connectivity index (χ0) is 18.2. The average Bonchev–Trinajstić information content (AvgIpc) is 3.01. The number of benzene rings is 1. The first-order valence-corrected chi connectivity index (χ1v) is 10.4. The van der Waals surface area contributed by atoms with Crippen molar-refractivity contribution in [1.29, 1.82) is 0 Å². The smallest absolute Gasteiger partial charge is 0.243 e. The fourth-order valence-electron chi connectivity index (χ4n) is 2.61. The van der Waals surface area contributed by atoms with E-state index in [1.807, 2.05) is 0 Å². The van der Waals surface area contributed by atoms with Gasteiger partial charge in [-0.25, -0.2) is 22.0 Å². The van der Waals surface area contributed by atoms with E-state index in [1.165, 1.54) is 22.5 Å². The van der Waals surface area contributed by atoms with Gasteiger partial charge in [-0.2, -0.15) is 9.40 Å². The molecule has 25 heavy (non-hydrogen) atoms. The minimum absolute atomic E-state index is 0.119. The molecule has 2 heterocycles. The maximum absolute atomic E-state index is 12.9. The number of aryl methyl sites for hydroxylation is 1. The summed E-state index contributed by atoms with van der Waals surface area (Å²) in [5.74, 6) is 0. The lowest BCUT2D eigenvalue weighted by Crippen LogP contribution is -2.42. The van der Waals surface area contributed by atoms with Crippen molar-refractivity contribution in [2.75, 3.05) is 19.7 Å². The third-order valence-corrected chi connectivity index (χ3v) is 6.67. The summed E-state index contributed by atoms with van der Waals surface area (Å²) in [7, 11) is -6.10. The van der Waals surface area contributed by atoms with Crippen LogP contribution >= 0.6 is 0 Å². The van der Waals surface area contributed by atoms with Crippen molar-refractivity contribution in [3.8, 4) is 0 Å². The van der Waals surface area contributed by atoms with Crippen LogP contribution < -0.4 is 5.14 Å². The summed E-state index contributed by atoms with van der Waals surface area (Å²) >= 11 is 0. The zero-order valence-electron chi connectivity index (χ0n) is 13.4. The minimum Gasteiger partial charge on any atom is -0.371 e. The van der Waals surface area contributed by atoms with E-state index in [2.05, 4.69) is 5.10 Å². The lowest BCUT2D eigenvalue weighted by atomic mass is 10.2. The van der Waals surface area contributed by atoms with Crippen molar-refractivity contribution in [3.05, 3.63) is 42.2 Å². The van der Waals surface area contributed by atoms with Gasteiger partial charge in [-0.05, 0) is 18.2 Å². The number of rotatable bonds is 4. The monoisotopic (exact) mass is 386 g/mol. The van der Waals surface area contributed by atoms with Crippen LogP contribution in [0.1, 0.15) is 11.7 Å². The Balaban J connectivity index is 1.89. The van der Waals surface area contributed by atoms with Crippen LogP contribution in [0.5, 0.6) is 0 Å². The molecule has 0 bridgehead atoms. The largest absolute Gasteiger partial charge is 0.371 e. The lowest BCUT2D eigenvalue weighted by molar-refractivity contribution is -0.00259. The number of hydrogen-bond donors (Lipinski definition) is 1. The molecule has 1 aliphatic rings. The molecule has 3 rings (SSSR count). The van der Waals surface area contributed by atoms with Gasteiger partial charge in [-0.1, -0.05) is 6.07 Å². The highest BCUT2D eigenvalue weighted by molar-refractivity contribution is 7.90. The Morgan fingerprint density at radius 1 is 1.24 bits per heavy atom. The molecule has 1 aliphatic heterocycles. The van der Waals surface area contributed by atoms with Crippen LogP contribution in [0.25, 0.3) is 0 Å². The van der Waals surface area contributed by atoms with Crippen molar-refractivity contribution in [2.45, 2.75) is 15.9 Å². The molecule has 1 fully saturated rings. The second kappa shape index (κ2) is 6.50. The van der Waals surface area contributed by atoms with Gasteiger partial charge in [0.1, 0.15) is 0 Å². The van der Waals surface area contributed by atoms with Gasteiger partial charge >= 0.3 is 0 Å². The number of nitrogens with zero attached hydrogens (tertiary/aromatic N) is 3. The number of ether oxygens (including phenoxy) is 1. The fraction of sp³-hybridized carbons (Fsp3) is 0.357. The van der Waals surface area contributed by atoms with Gasteiger partial charge in [0.2, 0.25) is 20.0 Å². The topological polar surface area (TPSA) is 125 Å². The van der Waals surface area contributed by atoms with E-state index >= 15 is 0 Å². The van der Waals surface area contributed by atoms with Gasteiger partial charge in [-0.15, -0.1) is 0 Å². The lowest BCUT2D eigenvalue weighted by Gasteiger charge is -2.31. The van der Waals surface area contributed by atoms with E-state index in [9.17, 15) is 16.8 Å². The van der Waals surface area contributed by atoms with E-state index < -0.39 is 26.2 Å². The molecule has 0 saturated carbocycles. The summed E-state index contributed by atoms with van der Waals surface area (Å²) in [6.07, 6.45) is 2.96. The van der Waals surface area contributed by atoms with E-state index in [0.717, 1.165) is 11.6 Å². The molecule has 1 saturated heterocycles. The third kappa shape index (κ3) is 3.75. The Morgan fingerprint density at radius 2 is 1.96 bits per heavy atom. The van der Waals surface area contributed by atoms with Gasteiger partial charge in [-0.3, -0.25) is 4.68 Å². The summed E-state index contributed by atoms with van der Waals surface area (Å²) in [4.78, 5) is -0.364.